The Morgan fingerprint density at radius 3 is 2.40 bits per heavy atom. The molecule has 0 saturated heterocycles. The fourth-order valence-corrected chi connectivity index (χ4v) is 5.44. The van der Waals surface area contributed by atoms with E-state index in [0.717, 1.165) is 24.8 Å². The van der Waals surface area contributed by atoms with Crippen LogP contribution in [0.4, 0.5) is 0 Å². The van der Waals surface area contributed by atoms with Gasteiger partial charge in [-0.3, -0.25) is 23.5 Å². The van der Waals surface area contributed by atoms with Crippen molar-refractivity contribution in [2.45, 2.75) is 70.9 Å². The molecule has 2 aromatic carbocycles. The first kappa shape index (κ1) is 31.6. The Bertz CT molecular complexity index is 1570. The summed E-state index contributed by atoms with van der Waals surface area (Å²) in [5, 5.41) is 6.23. The summed E-state index contributed by atoms with van der Waals surface area (Å²) in [5.41, 5.74) is 1.91. The molecule has 10 nitrogen and oxygen atoms in total. The second-order valence-corrected chi connectivity index (χ2v) is 10.8. The number of nitrogens with zero attached hydrogens (tertiary/aromatic N) is 2. The molecule has 0 saturated carbocycles. The van der Waals surface area contributed by atoms with E-state index in [1.54, 1.807) is 38.5 Å². The predicted octanol–water partition coefficient (Wildman–Crippen LogP) is 3.72. The average molecular weight is 591 g/mol. The maximum atomic E-state index is 13.4. The first-order chi connectivity index (χ1) is 20.9. The third kappa shape index (κ3) is 8.59. The van der Waals surface area contributed by atoms with Crippen LogP contribution in [0.5, 0.6) is 11.5 Å². The van der Waals surface area contributed by atoms with Gasteiger partial charge in [0.1, 0.15) is 6.54 Å². The highest BCUT2D eigenvalue weighted by Gasteiger charge is 2.16. The summed E-state index contributed by atoms with van der Waals surface area (Å²) in [6.07, 6.45) is 9.55. The van der Waals surface area contributed by atoms with Crippen molar-refractivity contribution in [3.05, 3.63) is 80.5 Å². The average Bonchev–Trinajstić information content (AvgIpc) is 3.03. The van der Waals surface area contributed by atoms with Gasteiger partial charge in [-0.15, -0.1) is 0 Å². The fraction of sp³-hybridized carbons (Fsp3) is 0.455. The molecule has 0 radical (unpaired) electrons. The van der Waals surface area contributed by atoms with Crippen LogP contribution in [-0.2, 0) is 29.1 Å². The molecule has 0 unspecified atom stereocenters. The van der Waals surface area contributed by atoms with E-state index in [4.69, 9.17) is 9.47 Å². The molecular formula is C33H42N4O6. The number of hydrogen-bond donors (Lipinski definition) is 2. The zero-order chi connectivity index (χ0) is 30.6. The topological polar surface area (TPSA) is 121 Å². The van der Waals surface area contributed by atoms with Crippen molar-refractivity contribution in [1.29, 1.82) is 0 Å². The van der Waals surface area contributed by atoms with Gasteiger partial charge in [0.25, 0.3) is 5.56 Å². The molecule has 1 aromatic heterocycles. The minimum atomic E-state index is -0.520. The quantitative estimate of drug-likeness (QED) is 0.206. The normalized spacial score (nSPS) is 12.9. The van der Waals surface area contributed by atoms with E-state index in [0.29, 0.717) is 54.8 Å². The number of hydrogen-bond acceptors (Lipinski definition) is 6. The monoisotopic (exact) mass is 590 g/mol. The first-order valence-corrected chi connectivity index (χ1v) is 15.1. The molecular weight excluding hydrogens is 548 g/mol. The lowest BCUT2D eigenvalue weighted by Crippen LogP contribution is -2.42. The van der Waals surface area contributed by atoms with Crippen molar-refractivity contribution in [2.75, 3.05) is 27.3 Å². The van der Waals surface area contributed by atoms with Crippen molar-refractivity contribution < 1.29 is 19.1 Å². The number of fused-ring (bicyclic) bond motifs is 1. The highest BCUT2D eigenvalue weighted by molar-refractivity contribution is 5.81. The number of nitrogens with one attached hydrogen (secondary N) is 2. The smallest absolute Gasteiger partial charge is 0.331 e. The Kier molecular flexibility index (Phi) is 11.6. The van der Waals surface area contributed by atoms with Gasteiger partial charge >= 0.3 is 5.69 Å². The van der Waals surface area contributed by atoms with E-state index >= 15 is 0 Å². The summed E-state index contributed by atoms with van der Waals surface area (Å²) in [6.45, 7) is 0.995. The van der Waals surface area contributed by atoms with E-state index in [2.05, 4.69) is 16.7 Å². The van der Waals surface area contributed by atoms with E-state index < -0.39 is 5.69 Å². The molecule has 1 aliphatic rings. The number of allylic oxidation sites excluding steroid dienone is 1. The van der Waals surface area contributed by atoms with Gasteiger partial charge in [0.05, 0.1) is 25.1 Å². The van der Waals surface area contributed by atoms with Crippen molar-refractivity contribution in [3.63, 3.8) is 0 Å². The number of ether oxygens (including phenoxy) is 2. The first-order valence-electron chi connectivity index (χ1n) is 15.1. The molecule has 0 spiro atoms. The van der Waals surface area contributed by atoms with E-state index in [1.807, 2.05) is 18.2 Å². The zero-order valence-electron chi connectivity index (χ0n) is 25.2. The van der Waals surface area contributed by atoms with Crippen LogP contribution in [0, 0.1) is 0 Å². The Morgan fingerprint density at radius 1 is 0.860 bits per heavy atom. The Morgan fingerprint density at radius 2 is 1.63 bits per heavy atom. The zero-order valence-corrected chi connectivity index (χ0v) is 25.2. The van der Waals surface area contributed by atoms with Crippen molar-refractivity contribution in [2.24, 2.45) is 0 Å². The SMILES string of the molecule is COc1ccc(CCNC(=O)CCCCn2c(=O)c3ccccc3n(CC(=O)NCCC3=CCCCC3)c2=O)cc1OC. The summed E-state index contributed by atoms with van der Waals surface area (Å²) in [7, 11) is 3.17. The van der Waals surface area contributed by atoms with Gasteiger partial charge in [-0.1, -0.05) is 29.8 Å². The Hall–Kier alpha value is -4.34. The van der Waals surface area contributed by atoms with Gasteiger partial charge in [-0.05, 0) is 81.2 Å². The standard InChI is InChI=1S/C33H42N4O6/c1-42-28-16-15-25(22-29(28)43-2)18-20-34-30(38)14-8-9-21-36-32(40)26-12-6-7-13-27(26)37(33(36)41)23-31(39)35-19-17-24-10-4-3-5-11-24/h6-7,10,12-13,15-16,22H,3-5,8-9,11,14,17-21,23H2,1-2H3,(H,34,38)(H,35,39). The van der Waals surface area contributed by atoms with E-state index in [-0.39, 0.29) is 36.9 Å². The number of unbranched alkanes of at least 4 members (excludes halogenated alkanes) is 1. The lowest BCUT2D eigenvalue weighted by Gasteiger charge is -2.15. The highest BCUT2D eigenvalue weighted by atomic mass is 16.5. The third-order valence-electron chi connectivity index (χ3n) is 7.81. The lowest BCUT2D eigenvalue weighted by atomic mass is 9.97. The Balaban J connectivity index is 1.30. The van der Waals surface area contributed by atoms with Crippen LogP contribution >= 0.6 is 0 Å². The molecule has 230 valence electrons. The maximum absolute atomic E-state index is 13.4. The molecule has 2 N–H and O–H groups in total. The molecule has 3 aromatic rings. The Labute approximate surface area is 251 Å². The summed E-state index contributed by atoms with van der Waals surface area (Å²) >= 11 is 0. The lowest BCUT2D eigenvalue weighted by molar-refractivity contribution is -0.122. The number of para-hydroxylation sites is 1. The van der Waals surface area contributed by atoms with Gasteiger partial charge in [-0.2, -0.15) is 0 Å². The van der Waals surface area contributed by atoms with Crippen LogP contribution in [0.3, 0.4) is 0 Å². The van der Waals surface area contributed by atoms with Gasteiger partial charge in [0, 0.05) is 26.1 Å². The fourth-order valence-electron chi connectivity index (χ4n) is 5.44. The number of benzene rings is 2. The van der Waals surface area contributed by atoms with Crippen LogP contribution in [0.2, 0.25) is 0 Å². The number of carbonyl (C=O) groups excluding carboxylic acids is 2. The van der Waals surface area contributed by atoms with E-state index in [1.165, 1.54) is 27.5 Å². The van der Waals surface area contributed by atoms with Crippen molar-refractivity contribution >= 4 is 22.7 Å². The van der Waals surface area contributed by atoms with Gasteiger partial charge in [-0.25, -0.2) is 4.79 Å². The van der Waals surface area contributed by atoms with Crippen LogP contribution < -0.4 is 31.4 Å². The summed E-state index contributed by atoms with van der Waals surface area (Å²) in [4.78, 5) is 51.7. The van der Waals surface area contributed by atoms with E-state index in [9.17, 15) is 19.2 Å². The summed E-state index contributed by atoms with van der Waals surface area (Å²) in [5.74, 6) is 0.935. The molecule has 10 heteroatoms. The second kappa shape index (κ2) is 15.8. The van der Waals surface area contributed by atoms with Gasteiger partial charge in [0.15, 0.2) is 11.5 Å². The van der Waals surface area contributed by atoms with Gasteiger partial charge < -0.3 is 20.1 Å². The number of amides is 2. The minimum Gasteiger partial charge on any atom is -0.493 e. The molecule has 4 rings (SSSR count). The molecule has 0 aliphatic heterocycles. The minimum absolute atomic E-state index is 0.0931. The third-order valence-corrected chi connectivity index (χ3v) is 7.81. The second-order valence-electron chi connectivity index (χ2n) is 10.8. The number of aromatic nitrogens is 2. The molecule has 0 bridgehead atoms. The molecule has 0 atom stereocenters. The summed E-state index contributed by atoms with van der Waals surface area (Å²) in [6, 6.07) is 12.5. The largest absolute Gasteiger partial charge is 0.493 e. The van der Waals surface area contributed by atoms with Crippen LogP contribution in [0.25, 0.3) is 10.9 Å². The van der Waals surface area contributed by atoms with Crippen LogP contribution in [0.15, 0.2) is 63.7 Å². The van der Waals surface area contributed by atoms with Crippen molar-refractivity contribution in [3.8, 4) is 11.5 Å². The molecule has 1 heterocycles. The predicted molar refractivity (Wildman–Crippen MR) is 167 cm³/mol. The number of carbonyl (C=O) groups is 2. The highest BCUT2D eigenvalue weighted by Crippen LogP contribution is 2.27. The molecule has 2 amide bonds. The number of methoxy groups -OCH3 is 2. The van der Waals surface area contributed by atoms with Crippen LogP contribution in [0.1, 0.15) is 56.9 Å². The maximum Gasteiger partial charge on any atom is 0.331 e. The molecule has 1 aliphatic carbocycles. The van der Waals surface area contributed by atoms with Crippen molar-refractivity contribution in [1.82, 2.24) is 19.8 Å². The molecule has 43 heavy (non-hydrogen) atoms. The molecule has 0 fully saturated rings. The van der Waals surface area contributed by atoms with Crippen LogP contribution in [-0.4, -0.2) is 48.3 Å². The van der Waals surface area contributed by atoms with Gasteiger partial charge in [0.2, 0.25) is 11.8 Å². The summed E-state index contributed by atoms with van der Waals surface area (Å²) < 4.78 is 13.1. The number of rotatable bonds is 15.